The second-order valence-electron chi connectivity index (χ2n) is 4.35. The second kappa shape index (κ2) is 6.96. The molecule has 0 heterocycles. The number of ketones is 1. The van der Waals surface area contributed by atoms with Gasteiger partial charge in [-0.05, 0) is 18.8 Å². The van der Waals surface area contributed by atoms with Gasteiger partial charge in [0.2, 0.25) is 0 Å². The predicted molar refractivity (Wildman–Crippen MR) is 58.9 cm³/mol. The van der Waals surface area contributed by atoms with Gasteiger partial charge in [-0.2, -0.15) is 0 Å². The van der Waals surface area contributed by atoms with Crippen LogP contribution in [0.3, 0.4) is 0 Å². The minimum absolute atomic E-state index is 0.0381. The highest BCUT2D eigenvalue weighted by Gasteiger charge is 2.21. The fraction of sp³-hybridized carbons (Fsp3) is 0.917. The third-order valence-corrected chi connectivity index (χ3v) is 3.10. The summed E-state index contributed by atoms with van der Waals surface area (Å²) in [5.41, 5.74) is 0. The summed E-state index contributed by atoms with van der Waals surface area (Å²) in [6.45, 7) is 2.61. The largest absolute Gasteiger partial charge is 0.377 e. The molecular formula is C12H22O3. The zero-order valence-corrected chi connectivity index (χ0v) is 9.83. The number of carbonyl (C=O) groups excluding carboxylic acids is 1. The lowest BCUT2D eigenvalue weighted by Gasteiger charge is -2.28. The molecule has 15 heavy (non-hydrogen) atoms. The molecule has 1 saturated carbocycles. The molecule has 0 aromatic carbocycles. The summed E-state index contributed by atoms with van der Waals surface area (Å²) < 4.78 is 10.4. The normalized spacial score (nSPS) is 26.5. The lowest BCUT2D eigenvalue weighted by molar-refractivity contribution is -0.130. The van der Waals surface area contributed by atoms with Crippen molar-refractivity contribution < 1.29 is 14.3 Å². The number of ether oxygens (including phenoxy) is 2. The van der Waals surface area contributed by atoms with Gasteiger partial charge in [0.25, 0.3) is 0 Å². The molecule has 0 amide bonds. The Bertz CT molecular complexity index is 191. The lowest BCUT2D eigenvalue weighted by Crippen LogP contribution is -2.26. The maximum atomic E-state index is 11.2. The van der Waals surface area contributed by atoms with Gasteiger partial charge in [0, 0.05) is 7.11 Å². The van der Waals surface area contributed by atoms with E-state index < -0.39 is 0 Å². The van der Waals surface area contributed by atoms with Crippen LogP contribution >= 0.6 is 0 Å². The summed E-state index contributed by atoms with van der Waals surface area (Å²) in [4.78, 5) is 11.2. The molecule has 88 valence electrons. The molecule has 2 unspecified atom stereocenters. The maximum absolute atomic E-state index is 11.2. The Hall–Kier alpha value is -0.410. The predicted octanol–water partition coefficient (Wildman–Crippen LogP) is 2.19. The minimum atomic E-state index is 0.0381. The zero-order chi connectivity index (χ0) is 11.1. The van der Waals surface area contributed by atoms with Gasteiger partial charge in [-0.1, -0.05) is 26.2 Å². The van der Waals surface area contributed by atoms with E-state index in [-0.39, 0.29) is 19.0 Å². The molecule has 1 aliphatic rings. The van der Waals surface area contributed by atoms with Crippen LogP contribution in [0.15, 0.2) is 0 Å². The van der Waals surface area contributed by atoms with E-state index in [0.29, 0.717) is 6.10 Å². The number of hydrogen-bond acceptors (Lipinski definition) is 3. The minimum Gasteiger partial charge on any atom is -0.377 e. The van der Waals surface area contributed by atoms with E-state index in [9.17, 15) is 4.79 Å². The molecule has 1 rings (SSSR count). The summed E-state index contributed by atoms with van der Waals surface area (Å²) in [5.74, 6) is 0.831. The van der Waals surface area contributed by atoms with Crippen molar-refractivity contribution in [1.82, 2.24) is 0 Å². The molecule has 0 saturated heterocycles. The van der Waals surface area contributed by atoms with Crippen molar-refractivity contribution >= 4 is 5.78 Å². The van der Waals surface area contributed by atoms with Crippen LogP contribution in [0.5, 0.6) is 0 Å². The fourth-order valence-corrected chi connectivity index (χ4v) is 2.18. The molecule has 0 spiro atoms. The standard InChI is InChI=1S/C12H22O3/c1-3-10-5-4-6-12(7-10)15-9-11(13)8-14-2/h10,12H,3-9H2,1-2H3. The average Bonchev–Trinajstić information content (AvgIpc) is 2.27. The van der Waals surface area contributed by atoms with Crippen LogP contribution in [-0.2, 0) is 14.3 Å². The average molecular weight is 214 g/mol. The molecule has 0 aromatic heterocycles. The number of methoxy groups -OCH3 is 1. The molecule has 3 heteroatoms. The van der Waals surface area contributed by atoms with Crippen molar-refractivity contribution in [2.45, 2.75) is 45.1 Å². The quantitative estimate of drug-likeness (QED) is 0.680. The van der Waals surface area contributed by atoms with Gasteiger partial charge < -0.3 is 9.47 Å². The molecule has 0 radical (unpaired) electrons. The van der Waals surface area contributed by atoms with E-state index in [0.717, 1.165) is 18.8 Å². The Labute approximate surface area is 92.1 Å². The monoisotopic (exact) mass is 214 g/mol. The molecule has 0 aromatic rings. The van der Waals surface area contributed by atoms with Crippen LogP contribution in [-0.4, -0.2) is 32.2 Å². The molecule has 1 fully saturated rings. The van der Waals surface area contributed by atoms with E-state index in [1.54, 1.807) is 0 Å². The van der Waals surface area contributed by atoms with Crippen molar-refractivity contribution in [2.75, 3.05) is 20.3 Å². The molecule has 3 nitrogen and oxygen atoms in total. The first-order valence-electron chi connectivity index (χ1n) is 5.88. The van der Waals surface area contributed by atoms with Crippen LogP contribution in [0.25, 0.3) is 0 Å². The summed E-state index contributed by atoms with van der Waals surface area (Å²) in [6.07, 6.45) is 6.31. The number of Topliss-reactive ketones (excluding diaryl/α,β-unsaturated/α-hetero) is 1. The summed E-state index contributed by atoms with van der Waals surface area (Å²) >= 11 is 0. The van der Waals surface area contributed by atoms with Crippen LogP contribution in [0, 0.1) is 5.92 Å². The molecule has 0 N–H and O–H groups in total. The number of hydrogen-bond donors (Lipinski definition) is 0. The van der Waals surface area contributed by atoms with Crippen molar-refractivity contribution in [3.63, 3.8) is 0 Å². The van der Waals surface area contributed by atoms with Gasteiger partial charge >= 0.3 is 0 Å². The third-order valence-electron chi connectivity index (χ3n) is 3.10. The van der Waals surface area contributed by atoms with Gasteiger partial charge in [0.05, 0.1) is 6.10 Å². The van der Waals surface area contributed by atoms with Crippen molar-refractivity contribution in [3.05, 3.63) is 0 Å². The highest BCUT2D eigenvalue weighted by atomic mass is 16.5. The first-order chi connectivity index (χ1) is 7.26. The lowest BCUT2D eigenvalue weighted by atomic mass is 9.85. The van der Waals surface area contributed by atoms with E-state index in [1.807, 2.05) is 0 Å². The topological polar surface area (TPSA) is 35.5 Å². The SMILES string of the molecule is CCC1CCCC(OCC(=O)COC)C1. The van der Waals surface area contributed by atoms with E-state index >= 15 is 0 Å². The number of rotatable bonds is 6. The Morgan fingerprint density at radius 2 is 2.13 bits per heavy atom. The molecule has 0 aliphatic heterocycles. The summed E-state index contributed by atoms with van der Waals surface area (Å²) in [5, 5.41) is 0. The summed E-state index contributed by atoms with van der Waals surface area (Å²) in [6, 6.07) is 0. The molecular weight excluding hydrogens is 192 g/mol. The smallest absolute Gasteiger partial charge is 0.183 e. The highest BCUT2D eigenvalue weighted by Crippen LogP contribution is 2.28. The summed E-state index contributed by atoms with van der Waals surface area (Å²) in [7, 11) is 1.53. The molecule has 0 bridgehead atoms. The second-order valence-corrected chi connectivity index (χ2v) is 4.35. The van der Waals surface area contributed by atoms with Gasteiger partial charge in [-0.3, -0.25) is 4.79 Å². The Balaban J connectivity index is 2.17. The molecule has 2 atom stereocenters. The van der Waals surface area contributed by atoms with Crippen LogP contribution < -0.4 is 0 Å². The van der Waals surface area contributed by atoms with Gasteiger partial charge in [0.1, 0.15) is 13.2 Å². The Morgan fingerprint density at radius 3 is 2.80 bits per heavy atom. The first-order valence-corrected chi connectivity index (χ1v) is 5.88. The highest BCUT2D eigenvalue weighted by molar-refractivity contribution is 5.80. The molecule has 1 aliphatic carbocycles. The fourth-order valence-electron chi connectivity index (χ4n) is 2.18. The van der Waals surface area contributed by atoms with Crippen LogP contribution in [0.1, 0.15) is 39.0 Å². The van der Waals surface area contributed by atoms with Crippen molar-refractivity contribution in [3.8, 4) is 0 Å². The van der Waals surface area contributed by atoms with E-state index in [2.05, 4.69) is 6.92 Å². The van der Waals surface area contributed by atoms with E-state index in [4.69, 9.17) is 9.47 Å². The van der Waals surface area contributed by atoms with Crippen LogP contribution in [0.4, 0.5) is 0 Å². The van der Waals surface area contributed by atoms with Gasteiger partial charge in [-0.15, -0.1) is 0 Å². The van der Waals surface area contributed by atoms with Crippen molar-refractivity contribution in [2.24, 2.45) is 5.92 Å². The Morgan fingerprint density at radius 1 is 1.33 bits per heavy atom. The van der Waals surface area contributed by atoms with Crippen LogP contribution in [0.2, 0.25) is 0 Å². The van der Waals surface area contributed by atoms with Gasteiger partial charge in [-0.25, -0.2) is 0 Å². The number of carbonyl (C=O) groups is 1. The van der Waals surface area contributed by atoms with Crippen molar-refractivity contribution in [1.29, 1.82) is 0 Å². The van der Waals surface area contributed by atoms with E-state index in [1.165, 1.54) is 26.4 Å². The first kappa shape index (κ1) is 12.7. The Kier molecular flexibility index (Phi) is 5.88. The maximum Gasteiger partial charge on any atom is 0.183 e. The third kappa shape index (κ3) is 4.76. The zero-order valence-electron chi connectivity index (χ0n) is 9.83. The van der Waals surface area contributed by atoms with Gasteiger partial charge in [0.15, 0.2) is 5.78 Å².